The fourth-order valence-corrected chi connectivity index (χ4v) is 2.06. The van der Waals surface area contributed by atoms with Gasteiger partial charge < -0.3 is 24.2 Å². The number of hydrogen-bond acceptors (Lipinski definition) is 7. The molecule has 2 rings (SSSR count). The number of carbonyl (C=O) groups excluding carboxylic acids is 2. The summed E-state index contributed by atoms with van der Waals surface area (Å²) in [4.78, 5) is 24.9. The average Bonchev–Trinajstić information content (AvgIpc) is 2.57. The lowest BCUT2D eigenvalue weighted by Crippen LogP contribution is -2.38. The highest BCUT2D eigenvalue weighted by molar-refractivity contribution is 6.03. The molecule has 0 unspecified atom stereocenters. The SMILES string of the molecule is COC(=O)C1=C(C(=O)OC)N(c2cc(O)c(F)c(F)c2)COC1. The molecule has 0 saturated heterocycles. The van der Waals surface area contributed by atoms with E-state index in [4.69, 9.17) is 4.74 Å². The van der Waals surface area contributed by atoms with E-state index in [1.54, 1.807) is 0 Å². The molecule has 0 aromatic heterocycles. The summed E-state index contributed by atoms with van der Waals surface area (Å²) >= 11 is 0. The maximum Gasteiger partial charge on any atom is 0.355 e. The smallest absolute Gasteiger partial charge is 0.355 e. The number of rotatable bonds is 3. The first kappa shape index (κ1) is 16.7. The summed E-state index contributed by atoms with van der Waals surface area (Å²) in [6.45, 7) is -0.460. The standard InChI is InChI=1S/C14H13F2NO6/c1-21-13(19)8-5-23-6-17(12(8)14(20)22-2)7-3-9(15)11(16)10(18)4-7/h3-4,18H,5-6H2,1-2H3. The molecule has 0 aliphatic carbocycles. The Bertz CT molecular complexity index is 665. The molecule has 23 heavy (non-hydrogen) atoms. The lowest BCUT2D eigenvalue weighted by Gasteiger charge is -2.31. The summed E-state index contributed by atoms with van der Waals surface area (Å²) in [6.07, 6.45) is 0. The van der Waals surface area contributed by atoms with E-state index in [1.165, 1.54) is 0 Å². The first-order chi connectivity index (χ1) is 10.9. The fourth-order valence-electron chi connectivity index (χ4n) is 2.06. The Morgan fingerprint density at radius 3 is 2.43 bits per heavy atom. The van der Waals surface area contributed by atoms with Crippen LogP contribution < -0.4 is 4.90 Å². The van der Waals surface area contributed by atoms with Crippen LogP contribution in [0.5, 0.6) is 5.75 Å². The molecule has 1 aliphatic heterocycles. The molecule has 0 fully saturated rings. The zero-order chi connectivity index (χ0) is 17.1. The molecule has 1 aliphatic rings. The van der Waals surface area contributed by atoms with Crippen molar-refractivity contribution in [3.63, 3.8) is 0 Å². The third-order valence-electron chi connectivity index (χ3n) is 3.14. The number of phenolic OH excluding ortho intramolecular Hbond substituents is 1. The first-order valence-corrected chi connectivity index (χ1v) is 6.33. The van der Waals surface area contributed by atoms with Gasteiger partial charge in [-0.2, -0.15) is 4.39 Å². The van der Waals surface area contributed by atoms with Crippen LogP contribution in [0.15, 0.2) is 23.4 Å². The van der Waals surface area contributed by atoms with E-state index in [0.29, 0.717) is 0 Å². The van der Waals surface area contributed by atoms with E-state index in [0.717, 1.165) is 31.3 Å². The number of carbonyl (C=O) groups is 2. The second-order valence-corrected chi connectivity index (χ2v) is 4.48. The second kappa shape index (κ2) is 6.61. The summed E-state index contributed by atoms with van der Waals surface area (Å²) in [5.74, 6) is -5.42. The molecule has 9 heteroatoms. The molecule has 124 valence electrons. The van der Waals surface area contributed by atoms with Gasteiger partial charge in [-0.3, -0.25) is 0 Å². The summed E-state index contributed by atoms with van der Waals surface area (Å²) in [5, 5.41) is 9.41. The van der Waals surface area contributed by atoms with Gasteiger partial charge in [0, 0.05) is 12.1 Å². The maximum absolute atomic E-state index is 13.5. The summed E-state index contributed by atoms with van der Waals surface area (Å²) in [5.41, 5.74) is -0.478. The number of esters is 2. The fraction of sp³-hybridized carbons (Fsp3) is 0.286. The zero-order valence-electron chi connectivity index (χ0n) is 12.3. The molecule has 1 N–H and O–H groups in total. The van der Waals surface area contributed by atoms with E-state index < -0.39 is 29.3 Å². The third-order valence-corrected chi connectivity index (χ3v) is 3.14. The number of hydrogen-bond donors (Lipinski definition) is 1. The second-order valence-electron chi connectivity index (χ2n) is 4.48. The number of methoxy groups -OCH3 is 2. The number of aromatic hydroxyl groups is 1. The number of phenols is 1. The van der Waals surface area contributed by atoms with Crippen molar-refractivity contribution in [2.75, 3.05) is 32.5 Å². The van der Waals surface area contributed by atoms with Crippen molar-refractivity contribution in [2.24, 2.45) is 0 Å². The van der Waals surface area contributed by atoms with E-state index in [2.05, 4.69) is 9.47 Å². The quantitative estimate of drug-likeness (QED) is 0.830. The number of anilines is 1. The van der Waals surface area contributed by atoms with Crippen LogP contribution in [0.25, 0.3) is 0 Å². The molecule has 0 bridgehead atoms. The van der Waals surface area contributed by atoms with Crippen LogP contribution in [0, 0.1) is 11.6 Å². The normalized spacial score (nSPS) is 14.7. The van der Waals surface area contributed by atoms with Gasteiger partial charge >= 0.3 is 11.9 Å². The molecule has 1 aromatic rings. The van der Waals surface area contributed by atoms with E-state index >= 15 is 0 Å². The van der Waals surface area contributed by atoms with Crippen molar-refractivity contribution in [3.8, 4) is 5.75 Å². The van der Waals surface area contributed by atoms with Gasteiger partial charge in [0.25, 0.3) is 0 Å². The number of ether oxygens (including phenoxy) is 3. The molecule has 1 heterocycles. The van der Waals surface area contributed by atoms with Crippen LogP contribution in [0.4, 0.5) is 14.5 Å². The van der Waals surface area contributed by atoms with Crippen molar-refractivity contribution < 1.29 is 37.7 Å². The van der Waals surface area contributed by atoms with Crippen LogP contribution in [-0.2, 0) is 23.8 Å². The maximum atomic E-state index is 13.5. The average molecular weight is 329 g/mol. The van der Waals surface area contributed by atoms with Gasteiger partial charge in [-0.05, 0) is 0 Å². The lowest BCUT2D eigenvalue weighted by molar-refractivity contribution is -0.140. The van der Waals surface area contributed by atoms with Crippen LogP contribution >= 0.6 is 0 Å². The Kier molecular flexibility index (Phi) is 4.80. The third kappa shape index (κ3) is 3.09. The Hall–Kier alpha value is -2.68. The minimum absolute atomic E-state index is 0.0945. The number of benzene rings is 1. The first-order valence-electron chi connectivity index (χ1n) is 6.33. The highest BCUT2D eigenvalue weighted by atomic mass is 19.2. The van der Waals surface area contributed by atoms with E-state index in [9.17, 15) is 23.5 Å². The Balaban J connectivity index is 2.59. The summed E-state index contributed by atoms with van der Waals surface area (Å²) < 4.78 is 41.1. The topological polar surface area (TPSA) is 85.3 Å². The molecule has 1 aromatic carbocycles. The monoisotopic (exact) mass is 329 g/mol. The summed E-state index contributed by atoms with van der Waals surface area (Å²) in [7, 11) is 2.22. The molecule has 0 radical (unpaired) electrons. The Morgan fingerprint density at radius 1 is 1.22 bits per heavy atom. The van der Waals surface area contributed by atoms with Crippen molar-refractivity contribution in [1.29, 1.82) is 0 Å². The molecule has 0 saturated carbocycles. The summed E-state index contributed by atoms with van der Waals surface area (Å²) in [6, 6.07) is 1.65. The van der Waals surface area contributed by atoms with Crippen molar-refractivity contribution in [3.05, 3.63) is 35.0 Å². The zero-order valence-corrected chi connectivity index (χ0v) is 12.3. The van der Waals surface area contributed by atoms with Gasteiger partial charge in [0.2, 0.25) is 0 Å². The Morgan fingerprint density at radius 2 is 1.87 bits per heavy atom. The van der Waals surface area contributed by atoms with E-state index in [-0.39, 0.29) is 30.3 Å². The van der Waals surface area contributed by atoms with E-state index in [1.807, 2.05) is 0 Å². The highest BCUT2D eigenvalue weighted by Gasteiger charge is 2.33. The molecule has 0 spiro atoms. The van der Waals surface area contributed by atoms with Gasteiger partial charge in [-0.1, -0.05) is 0 Å². The van der Waals surface area contributed by atoms with Gasteiger partial charge in [-0.25, -0.2) is 14.0 Å². The lowest BCUT2D eigenvalue weighted by atomic mass is 10.1. The predicted octanol–water partition coefficient (Wildman–Crippen LogP) is 1.06. The molecule has 7 nitrogen and oxygen atoms in total. The van der Waals surface area contributed by atoms with Crippen LogP contribution in [0.1, 0.15) is 0 Å². The van der Waals surface area contributed by atoms with Crippen LogP contribution in [-0.4, -0.2) is 44.6 Å². The predicted molar refractivity (Wildman–Crippen MR) is 72.4 cm³/mol. The number of nitrogens with zero attached hydrogens (tertiary/aromatic N) is 1. The van der Waals surface area contributed by atoms with Crippen molar-refractivity contribution in [2.45, 2.75) is 0 Å². The number of halogens is 2. The largest absolute Gasteiger partial charge is 0.505 e. The minimum atomic E-state index is -1.43. The van der Waals surface area contributed by atoms with Crippen molar-refractivity contribution in [1.82, 2.24) is 0 Å². The molecule has 0 atom stereocenters. The van der Waals surface area contributed by atoms with Gasteiger partial charge in [0.05, 0.1) is 32.1 Å². The van der Waals surface area contributed by atoms with Crippen molar-refractivity contribution >= 4 is 17.6 Å². The molecule has 0 amide bonds. The Labute approximate surface area is 129 Å². The minimum Gasteiger partial charge on any atom is -0.505 e. The van der Waals surface area contributed by atoms with Gasteiger partial charge in [0.1, 0.15) is 12.4 Å². The van der Waals surface area contributed by atoms with Gasteiger partial charge in [-0.15, -0.1) is 0 Å². The van der Waals surface area contributed by atoms with Crippen LogP contribution in [0.3, 0.4) is 0 Å². The molecular weight excluding hydrogens is 316 g/mol. The van der Waals surface area contributed by atoms with Crippen LogP contribution in [0.2, 0.25) is 0 Å². The molecular formula is C14H13F2NO6. The highest BCUT2D eigenvalue weighted by Crippen LogP contribution is 2.31. The van der Waals surface area contributed by atoms with Gasteiger partial charge in [0.15, 0.2) is 17.4 Å².